The molecule has 0 aliphatic carbocycles. The molecule has 0 radical (unpaired) electrons. The summed E-state index contributed by atoms with van der Waals surface area (Å²) < 4.78 is 0. The van der Waals surface area contributed by atoms with Crippen molar-refractivity contribution in [2.24, 2.45) is 0 Å². The minimum atomic E-state index is -0.367. The molecular weight excluding hydrogens is 276 g/mol. The van der Waals surface area contributed by atoms with E-state index < -0.39 is 0 Å². The first-order chi connectivity index (χ1) is 10.5. The van der Waals surface area contributed by atoms with Crippen LogP contribution in [0.1, 0.15) is 76.7 Å². The third-order valence-corrected chi connectivity index (χ3v) is 3.95. The zero-order valence-corrected chi connectivity index (χ0v) is 13.8. The van der Waals surface area contributed by atoms with E-state index in [1.807, 2.05) is 0 Å². The normalized spacial score (nSPS) is 12.1. The summed E-state index contributed by atoms with van der Waals surface area (Å²) in [5.41, 5.74) is 0.823. The number of Topliss-reactive ketones (excluding diaryl/α,β-unsaturated/α-hetero) is 2. The van der Waals surface area contributed by atoms with Crippen LogP contribution < -0.4 is 0 Å². The highest BCUT2D eigenvalue weighted by molar-refractivity contribution is 5.91. The molecule has 0 spiro atoms. The third kappa shape index (κ3) is 6.88. The topological polar surface area (TPSA) is 54.4 Å². The number of phenols is 1. The van der Waals surface area contributed by atoms with Crippen molar-refractivity contribution < 1.29 is 14.7 Å². The molecule has 3 nitrogen and oxygen atoms in total. The Labute approximate surface area is 133 Å². The van der Waals surface area contributed by atoms with E-state index in [0.717, 1.165) is 18.4 Å². The first-order valence-corrected chi connectivity index (χ1v) is 8.35. The first kappa shape index (κ1) is 18.4. The maximum Gasteiger partial charge on any atom is 0.140 e. The van der Waals surface area contributed by atoms with Gasteiger partial charge in [0.05, 0.1) is 0 Å². The van der Waals surface area contributed by atoms with Gasteiger partial charge in [0.1, 0.15) is 17.3 Å². The van der Waals surface area contributed by atoms with E-state index in [1.54, 1.807) is 24.3 Å². The van der Waals surface area contributed by atoms with Crippen LogP contribution in [0.25, 0.3) is 0 Å². The summed E-state index contributed by atoms with van der Waals surface area (Å²) >= 11 is 0. The molecule has 3 heteroatoms. The molecule has 0 amide bonds. The van der Waals surface area contributed by atoms with Crippen LogP contribution in [0.3, 0.4) is 0 Å². The lowest BCUT2D eigenvalue weighted by Gasteiger charge is -2.15. The zero-order chi connectivity index (χ0) is 16.4. The van der Waals surface area contributed by atoms with Gasteiger partial charge in [-0.2, -0.15) is 0 Å². The Morgan fingerprint density at radius 2 is 1.59 bits per heavy atom. The quantitative estimate of drug-likeness (QED) is 0.599. The van der Waals surface area contributed by atoms with Gasteiger partial charge in [-0.3, -0.25) is 9.59 Å². The first-order valence-electron chi connectivity index (χ1n) is 8.35. The SMILES string of the molecule is CCCCCCCCC(=O)C(CC(C)=O)c1ccc(O)cc1. The van der Waals surface area contributed by atoms with Crippen molar-refractivity contribution in [3.63, 3.8) is 0 Å². The number of unbranched alkanes of at least 4 members (excludes halogenated alkanes) is 5. The van der Waals surface area contributed by atoms with E-state index >= 15 is 0 Å². The highest BCUT2D eigenvalue weighted by Crippen LogP contribution is 2.25. The van der Waals surface area contributed by atoms with Crippen LogP contribution in [0.2, 0.25) is 0 Å². The Kier molecular flexibility index (Phi) is 8.49. The van der Waals surface area contributed by atoms with Gasteiger partial charge in [-0.1, -0.05) is 51.2 Å². The van der Waals surface area contributed by atoms with Crippen molar-refractivity contribution in [3.05, 3.63) is 29.8 Å². The van der Waals surface area contributed by atoms with E-state index in [1.165, 1.54) is 32.6 Å². The number of aromatic hydroxyl groups is 1. The molecule has 0 aliphatic rings. The number of carbonyl (C=O) groups is 2. The van der Waals surface area contributed by atoms with Gasteiger partial charge >= 0.3 is 0 Å². The van der Waals surface area contributed by atoms with Gasteiger partial charge in [0, 0.05) is 18.8 Å². The molecule has 0 heterocycles. The molecule has 0 aromatic heterocycles. The molecule has 0 bridgehead atoms. The van der Waals surface area contributed by atoms with Crippen molar-refractivity contribution in [1.29, 1.82) is 0 Å². The second kappa shape index (κ2) is 10.1. The lowest BCUT2D eigenvalue weighted by molar-refractivity contribution is -0.124. The van der Waals surface area contributed by atoms with Gasteiger partial charge in [-0.05, 0) is 31.0 Å². The van der Waals surface area contributed by atoms with E-state index in [-0.39, 0.29) is 29.7 Å². The molecule has 1 atom stereocenters. The minimum absolute atomic E-state index is 0.0226. The molecule has 1 aromatic carbocycles. The lowest BCUT2D eigenvalue weighted by atomic mass is 9.87. The van der Waals surface area contributed by atoms with Crippen LogP contribution in [-0.4, -0.2) is 16.7 Å². The van der Waals surface area contributed by atoms with Gasteiger partial charge in [0.2, 0.25) is 0 Å². The highest BCUT2D eigenvalue weighted by Gasteiger charge is 2.21. The summed E-state index contributed by atoms with van der Waals surface area (Å²) in [7, 11) is 0. The summed E-state index contributed by atoms with van der Waals surface area (Å²) in [5, 5.41) is 9.35. The fourth-order valence-electron chi connectivity index (χ4n) is 2.67. The van der Waals surface area contributed by atoms with Crippen LogP contribution in [-0.2, 0) is 9.59 Å². The monoisotopic (exact) mass is 304 g/mol. The summed E-state index contributed by atoms with van der Waals surface area (Å²) in [5.74, 6) is -0.0341. The smallest absolute Gasteiger partial charge is 0.140 e. The summed E-state index contributed by atoms with van der Waals surface area (Å²) in [6.07, 6.45) is 7.65. The highest BCUT2D eigenvalue weighted by atomic mass is 16.3. The van der Waals surface area contributed by atoms with Crippen molar-refractivity contribution >= 4 is 11.6 Å². The standard InChI is InChI=1S/C19H28O3/c1-3-4-5-6-7-8-9-19(22)18(14-15(2)20)16-10-12-17(21)13-11-16/h10-13,18,21H,3-9,14H2,1-2H3. The molecular formula is C19H28O3. The second-order valence-corrected chi connectivity index (χ2v) is 6.03. The van der Waals surface area contributed by atoms with E-state index in [0.29, 0.717) is 6.42 Å². The van der Waals surface area contributed by atoms with Crippen molar-refractivity contribution in [2.75, 3.05) is 0 Å². The molecule has 1 aromatic rings. The molecule has 22 heavy (non-hydrogen) atoms. The fraction of sp³-hybridized carbons (Fsp3) is 0.579. The van der Waals surface area contributed by atoms with Gasteiger partial charge in [0.25, 0.3) is 0 Å². The zero-order valence-electron chi connectivity index (χ0n) is 13.8. The Balaban J connectivity index is 2.54. The third-order valence-electron chi connectivity index (χ3n) is 3.95. The van der Waals surface area contributed by atoms with Crippen LogP contribution in [0.5, 0.6) is 5.75 Å². The van der Waals surface area contributed by atoms with Crippen molar-refractivity contribution in [2.45, 2.75) is 71.1 Å². The minimum Gasteiger partial charge on any atom is -0.508 e. The van der Waals surface area contributed by atoms with E-state index in [4.69, 9.17) is 0 Å². The van der Waals surface area contributed by atoms with Gasteiger partial charge in [-0.15, -0.1) is 0 Å². The molecule has 0 saturated carbocycles. The Hall–Kier alpha value is -1.64. The van der Waals surface area contributed by atoms with Crippen molar-refractivity contribution in [3.8, 4) is 5.75 Å². The predicted octanol–water partition coefficient (Wildman–Crippen LogP) is 4.77. The fourth-order valence-corrected chi connectivity index (χ4v) is 2.67. The number of hydrogen-bond acceptors (Lipinski definition) is 3. The molecule has 1 N–H and O–H groups in total. The van der Waals surface area contributed by atoms with Crippen LogP contribution in [0, 0.1) is 0 Å². The molecule has 0 fully saturated rings. The second-order valence-electron chi connectivity index (χ2n) is 6.03. The molecule has 1 rings (SSSR count). The number of carbonyl (C=O) groups excluding carboxylic acids is 2. The summed E-state index contributed by atoms with van der Waals surface area (Å²) in [4.78, 5) is 23.9. The van der Waals surface area contributed by atoms with Gasteiger partial charge in [-0.25, -0.2) is 0 Å². The van der Waals surface area contributed by atoms with Gasteiger partial charge < -0.3 is 5.11 Å². The molecule has 122 valence electrons. The number of phenolic OH excluding ortho intramolecular Hbond substituents is 1. The Morgan fingerprint density at radius 1 is 1.00 bits per heavy atom. The van der Waals surface area contributed by atoms with Crippen LogP contribution in [0.15, 0.2) is 24.3 Å². The predicted molar refractivity (Wildman–Crippen MR) is 89.1 cm³/mol. The van der Waals surface area contributed by atoms with E-state index in [9.17, 15) is 14.7 Å². The number of benzene rings is 1. The average molecular weight is 304 g/mol. The maximum absolute atomic E-state index is 12.4. The summed E-state index contributed by atoms with van der Waals surface area (Å²) in [6.45, 7) is 3.71. The van der Waals surface area contributed by atoms with Crippen molar-refractivity contribution in [1.82, 2.24) is 0 Å². The number of ketones is 2. The Bertz CT molecular complexity index is 462. The molecule has 1 unspecified atom stereocenters. The van der Waals surface area contributed by atoms with Crippen LogP contribution in [0.4, 0.5) is 0 Å². The van der Waals surface area contributed by atoms with Crippen LogP contribution >= 0.6 is 0 Å². The summed E-state index contributed by atoms with van der Waals surface area (Å²) in [6, 6.07) is 6.62. The molecule has 0 aliphatic heterocycles. The number of hydrogen-bond donors (Lipinski definition) is 1. The van der Waals surface area contributed by atoms with Gasteiger partial charge in [0.15, 0.2) is 0 Å². The maximum atomic E-state index is 12.4. The lowest BCUT2D eigenvalue weighted by Crippen LogP contribution is -2.15. The largest absolute Gasteiger partial charge is 0.508 e. The number of rotatable bonds is 11. The Morgan fingerprint density at radius 3 is 2.18 bits per heavy atom. The average Bonchev–Trinajstić information content (AvgIpc) is 2.49. The molecule has 0 saturated heterocycles. The van der Waals surface area contributed by atoms with E-state index in [2.05, 4.69) is 6.92 Å².